The van der Waals surface area contributed by atoms with Crippen LogP contribution in [0.4, 0.5) is 11.6 Å². The minimum Gasteiger partial charge on any atom is -0.363 e. The zero-order valence-corrected chi connectivity index (χ0v) is 25.4. The largest absolute Gasteiger partial charge is 0.363 e. The molecule has 0 radical (unpaired) electrons. The third-order valence-corrected chi connectivity index (χ3v) is 10.3. The average Bonchev–Trinajstić information content (AvgIpc) is 3.42. The van der Waals surface area contributed by atoms with Crippen molar-refractivity contribution in [1.29, 1.82) is 0 Å². The first-order chi connectivity index (χ1) is 19.2. The third kappa shape index (κ3) is 6.99. The van der Waals surface area contributed by atoms with E-state index in [4.69, 9.17) is 28.2 Å². The van der Waals surface area contributed by atoms with Crippen LogP contribution in [0, 0.1) is 11.8 Å². The highest BCUT2D eigenvalue weighted by atomic mass is 35.5. The molecule has 13 heteroatoms. The Hall–Kier alpha value is -2.18. The SMILES string of the molecule is CNS(=O)(=O)CCCN1CCC[C@H](C2CCN(c3cc(N[C@H](C)c4ccc(Cl)cc4Cl)n4ncnc4n3)CC2)C1. The number of hydrogen-bond acceptors (Lipinski definition) is 8. The van der Waals surface area contributed by atoms with Crippen molar-refractivity contribution in [3.05, 3.63) is 46.2 Å². The average molecular weight is 610 g/mol. The Balaban J connectivity index is 1.21. The van der Waals surface area contributed by atoms with Gasteiger partial charge in [0.25, 0.3) is 5.78 Å². The number of rotatable bonds is 10. The predicted molar refractivity (Wildman–Crippen MR) is 161 cm³/mol. The van der Waals surface area contributed by atoms with Gasteiger partial charge in [0.05, 0.1) is 11.8 Å². The number of hydrogen-bond donors (Lipinski definition) is 2. The molecule has 0 amide bonds. The van der Waals surface area contributed by atoms with E-state index in [1.165, 1.54) is 26.2 Å². The third-order valence-electron chi connectivity index (χ3n) is 8.30. The molecule has 10 nitrogen and oxygen atoms in total. The van der Waals surface area contributed by atoms with Gasteiger partial charge in [0, 0.05) is 35.7 Å². The lowest BCUT2D eigenvalue weighted by molar-refractivity contribution is 0.122. The molecule has 2 atom stereocenters. The Labute approximate surface area is 246 Å². The molecule has 5 rings (SSSR count). The van der Waals surface area contributed by atoms with Crippen LogP contribution in [0.15, 0.2) is 30.6 Å². The van der Waals surface area contributed by atoms with Gasteiger partial charge in [-0.25, -0.2) is 13.1 Å². The lowest BCUT2D eigenvalue weighted by atomic mass is 9.79. The molecule has 2 aliphatic rings. The standard InChI is InChI=1S/C27H38Cl2N8O2S/c1-19(23-7-6-22(28)15-24(23)29)33-26-16-25(34-27-31-18-32-37(26)27)36-12-8-20(9-13-36)21-5-3-10-35(17-21)11-4-14-40(38,39)30-2/h6-7,15-16,18-21,30,33H,3-5,8-14,17H2,1-2H3/t19-,21+/m1/s1. The van der Waals surface area contributed by atoms with E-state index in [0.717, 1.165) is 62.8 Å². The summed E-state index contributed by atoms with van der Waals surface area (Å²) in [4.78, 5) is 14.0. The minimum absolute atomic E-state index is 0.0780. The first kappa shape index (κ1) is 29.3. The molecule has 0 spiro atoms. The van der Waals surface area contributed by atoms with Crippen molar-refractivity contribution in [2.45, 2.75) is 45.1 Å². The van der Waals surface area contributed by atoms with Gasteiger partial charge in [0.2, 0.25) is 10.0 Å². The molecule has 2 N–H and O–H groups in total. The van der Waals surface area contributed by atoms with Crippen molar-refractivity contribution in [1.82, 2.24) is 29.2 Å². The highest BCUT2D eigenvalue weighted by molar-refractivity contribution is 7.89. The van der Waals surface area contributed by atoms with Crippen molar-refractivity contribution in [3.63, 3.8) is 0 Å². The van der Waals surface area contributed by atoms with Crippen LogP contribution in [0.5, 0.6) is 0 Å². The quantitative estimate of drug-likeness (QED) is 0.347. The summed E-state index contributed by atoms with van der Waals surface area (Å²) in [7, 11) is -1.66. The van der Waals surface area contributed by atoms with E-state index in [0.29, 0.717) is 34.1 Å². The molecule has 0 unspecified atom stereocenters. The van der Waals surface area contributed by atoms with E-state index in [9.17, 15) is 8.42 Å². The lowest BCUT2D eigenvalue weighted by Gasteiger charge is -2.41. The summed E-state index contributed by atoms with van der Waals surface area (Å²) in [5.74, 6) is 3.77. The zero-order valence-electron chi connectivity index (χ0n) is 23.1. The Morgan fingerprint density at radius 1 is 1.10 bits per heavy atom. The van der Waals surface area contributed by atoms with Crippen molar-refractivity contribution in [3.8, 4) is 0 Å². The monoisotopic (exact) mass is 608 g/mol. The van der Waals surface area contributed by atoms with E-state index in [1.807, 2.05) is 18.2 Å². The number of nitrogens with zero attached hydrogens (tertiary/aromatic N) is 6. The van der Waals surface area contributed by atoms with Gasteiger partial charge >= 0.3 is 0 Å². The van der Waals surface area contributed by atoms with E-state index in [2.05, 4.69) is 36.8 Å². The molecule has 0 saturated carbocycles. The van der Waals surface area contributed by atoms with Crippen LogP contribution in [-0.4, -0.2) is 78.4 Å². The Bertz CT molecular complexity index is 1410. The fourth-order valence-corrected chi connectivity index (χ4v) is 7.36. The number of benzene rings is 1. The van der Waals surface area contributed by atoms with E-state index < -0.39 is 10.0 Å². The predicted octanol–water partition coefficient (Wildman–Crippen LogP) is 4.47. The molecule has 4 heterocycles. The second-order valence-electron chi connectivity index (χ2n) is 10.9. The number of anilines is 2. The van der Waals surface area contributed by atoms with E-state index in [-0.39, 0.29) is 11.8 Å². The number of nitrogens with one attached hydrogen (secondary N) is 2. The van der Waals surface area contributed by atoms with Crippen molar-refractivity contribution in [2.75, 3.05) is 55.7 Å². The van der Waals surface area contributed by atoms with Crippen molar-refractivity contribution < 1.29 is 8.42 Å². The topological polar surface area (TPSA) is 108 Å². The van der Waals surface area contributed by atoms with Crippen LogP contribution in [0.3, 0.4) is 0 Å². The highest BCUT2D eigenvalue weighted by Crippen LogP contribution is 2.34. The Morgan fingerprint density at radius 3 is 2.65 bits per heavy atom. The summed E-state index contributed by atoms with van der Waals surface area (Å²) in [5.41, 5.74) is 0.948. The number of halogens is 2. The molecule has 2 aliphatic heterocycles. The molecule has 40 heavy (non-hydrogen) atoms. The van der Waals surface area contributed by atoms with Crippen LogP contribution in [0.1, 0.15) is 50.6 Å². The van der Waals surface area contributed by atoms with E-state index >= 15 is 0 Å². The van der Waals surface area contributed by atoms with E-state index in [1.54, 1.807) is 10.6 Å². The molecule has 218 valence electrons. The maximum atomic E-state index is 11.8. The first-order valence-corrected chi connectivity index (χ1v) is 16.4. The lowest BCUT2D eigenvalue weighted by Crippen LogP contribution is -2.43. The number of piperidine rings is 2. The number of aromatic nitrogens is 4. The smallest absolute Gasteiger partial charge is 0.256 e. The number of sulfonamides is 1. The zero-order chi connectivity index (χ0) is 28.3. The normalized spacial score (nSPS) is 20.2. The van der Waals surface area contributed by atoms with Crippen LogP contribution in [0.25, 0.3) is 5.78 Å². The molecule has 2 fully saturated rings. The fourth-order valence-electron chi connectivity index (χ4n) is 6.08. The van der Waals surface area contributed by atoms with Gasteiger partial charge in [-0.1, -0.05) is 29.3 Å². The molecule has 2 aromatic heterocycles. The summed E-state index contributed by atoms with van der Waals surface area (Å²) in [5, 5.41) is 9.14. The fraction of sp³-hybridized carbons (Fsp3) is 0.593. The maximum Gasteiger partial charge on any atom is 0.256 e. The second kappa shape index (κ2) is 12.8. The van der Waals surface area contributed by atoms with Gasteiger partial charge in [0.1, 0.15) is 18.0 Å². The molecular weight excluding hydrogens is 571 g/mol. The first-order valence-electron chi connectivity index (χ1n) is 14.0. The highest BCUT2D eigenvalue weighted by Gasteiger charge is 2.31. The summed E-state index contributed by atoms with van der Waals surface area (Å²) in [6.07, 6.45) is 6.85. The Kier molecular flexibility index (Phi) is 9.36. The molecule has 1 aromatic carbocycles. The van der Waals surface area contributed by atoms with Gasteiger partial charge in [-0.15, -0.1) is 0 Å². The second-order valence-corrected chi connectivity index (χ2v) is 13.8. The summed E-state index contributed by atoms with van der Waals surface area (Å²) in [6.45, 7) is 6.90. The molecule has 2 saturated heterocycles. The van der Waals surface area contributed by atoms with Crippen molar-refractivity contribution >= 4 is 50.6 Å². The van der Waals surface area contributed by atoms with Crippen LogP contribution in [-0.2, 0) is 10.0 Å². The van der Waals surface area contributed by atoms with Gasteiger partial charge in [-0.2, -0.15) is 19.6 Å². The molecule has 0 aliphatic carbocycles. The maximum absolute atomic E-state index is 11.8. The van der Waals surface area contributed by atoms with Gasteiger partial charge in [-0.3, -0.25) is 0 Å². The molecular formula is C27H38Cl2N8O2S. The van der Waals surface area contributed by atoms with Crippen molar-refractivity contribution in [2.24, 2.45) is 11.8 Å². The number of fused-ring (bicyclic) bond motifs is 1. The van der Waals surface area contributed by atoms with Gasteiger partial charge in [0.15, 0.2) is 0 Å². The number of likely N-dealkylation sites (tertiary alicyclic amines) is 1. The minimum atomic E-state index is -3.14. The van der Waals surface area contributed by atoms with Crippen LogP contribution >= 0.6 is 23.2 Å². The van der Waals surface area contributed by atoms with Gasteiger partial charge < -0.3 is 15.1 Å². The summed E-state index contributed by atoms with van der Waals surface area (Å²) >= 11 is 12.6. The van der Waals surface area contributed by atoms with Gasteiger partial charge in [-0.05, 0) is 88.7 Å². The Morgan fingerprint density at radius 2 is 1.90 bits per heavy atom. The molecule has 0 bridgehead atoms. The summed E-state index contributed by atoms with van der Waals surface area (Å²) in [6, 6.07) is 7.50. The van der Waals surface area contributed by atoms with Crippen LogP contribution in [0.2, 0.25) is 10.0 Å². The van der Waals surface area contributed by atoms with Crippen LogP contribution < -0.4 is 14.9 Å². The summed E-state index contributed by atoms with van der Waals surface area (Å²) < 4.78 is 27.6. The molecule has 3 aromatic rings.